The highest BCUT2D eigenvalue weighted by molar-refractivity contribution is 7.90. The molecule has 0 spiro atoms. The van der Waals surface area contributed by atoms with Crippen LogP contribution in [0.4, 0.5) is 0 Å². The molecular formula is C15H27N3O2S2. The van der Waals surface area contributed by atoms with Crippen LogP contribution in [0.15, 0.2) is 22.5 Å². The first-order valence-electron chi connectivity index (χ1n) is 7.48. The van der Waals surface area contributed by atoms with E-state index >= 15 is 0 Å². The summed E-state index contributed by atoms with van der Waals surface area (Å²) in [5.74, 6) is 0.931. The summed E-state index contributed by atoms with van der Waals surface area (Å²) in [4.78, 5) is 5.94. The van der Waals surface area contributed by atoms with E-state index in [0.717, 1.165) is 12.5 Å². The maximum Gasteiger partial charge on any atom is 0.191 e. The van der Waals surface area contributed by atoms with Gasteiger partial charge >= 0.3 is 0 Å². The SMILES string of the molecule is CCNC(=NCC(C)(C)c1cccs1)NCCCS(C)(=O)=O. The van der Waals surface area contributed by atoms with E-state index in [4.69, 9.17) is 0 Å². The van der Waals surface area contributed by atoms with Gasteiger partial charge in [-0.2, -0.15) is 0 Å². The Balaban J connectivity index is 2.54. The number of nitrogens with zero attached hydrogens (tertiary/aromatic N) is 1. The maximum atomic E-state index is 11.1. The van der Waals surface area contributed by atoms with Crippen molar-refractivity contribution in [1.82, 2.24) is 10.6 Å². The molecule has 0 aliphatic heterocycles. The van der Waals surface area contributed by atoms with Crippen LogP contribution < -0.4 is 10.6 Å². The van der Waals surface area contributed by atoms with Crippen LogP contribution in [0.5, 0.6) is 0 Å². The second kappa shape index (κ2) is 8.53. The van der Waals surface area contributed by atoms with Crippen molar-refractivity contribution in [2.75, 3.05) is 31.6 Å². The zero-order valence-electron chi connectivity index (χ0n) is 13.8. The Bertz CT molecular complexity index is 564. The van der Waals surface area contributed by atoms with Gasteiger partial charge in [0.05, 0.1) is 12.3 Å². The number of hydrogen-bond donors (Lipinski definition) is 2. The number of hydrogen-bond acceptors (Lipinski definition) is 4. The molecule has 0 aliphatic rings. The molecule has 22 heavy (non-hydrogen) atoms. The van der Waals surface area contributed by atoms with Gasteiger partial charge in [0.15, 0.2) is 5.96 Å². The first-order chi connectivity index (χ1) is 10.2. The molecule has 0 radical (unpaired) electrons. The second-order valence-corrected chi connectivity index (χ2v) is 9.17. The molecule has 5 nitrogen and oxygen atoms in total. The van der Waals surface area contributed by atoms with Crippen LogP contribution in [0.1, 0.15) is 32.1 Å². The van der Waals surface area contributed by atoms with Crippen molar-refractivity contribution >= 4 is 27.1 Å². The third-order valence-corrected chi connectivity index (χ3v) is 5.42. The van der Waals surface area contributed by atoms with E-state index in [2.05, 4.69) is 47.0 Å². The lowest BCUT2D eigenvalue weighted by Crippen LogP contribution is -2.39. The molecule has 0 fully saturated rings. The van der Waals surface area contributed by atoms with E-state index in [1.54, 1.807) is 11.3 Å². The van der Waals surface area contributed by atoms with Crippen molar-refractivity contribution in [2.24, 2.45) is 4.99 Å². The Morgan fingerprint density at radius 2 is 2.09 bits per heavy atom. The van der Waals surface area contributed by atoms with Crippen molar-refractivity contribution in [3.63, 3.8) is 0 Å². The first-order valence-corrected chi connectivity index (χ1v) is 10.4. The average molecular weight is 346 g/mol. The van der Waals surface area contributed by atoms with E-state index in [-0.39, 0.29) is 11.2 Å². The average Bonchev–Trinajstić information content (AvgIpc) is 2.94. The smallest absolute Gasteiger partial charge is 0.191 e. The maximum absolute atomic E-state index is 11.1. The van der Waals surface area contributed by atoms with Gasteiger partial charge in [-0.25, -0.2) is 8.42 Å². The predicted octanol–water partition coefficient (Wildman–Crippen LogP) is 2.02. The lowest BCUT2D eigenvalue weighted by atomic mass is 9.92. The highest BCUT2D eigenvalue weighted by Crippen LogP contribution is 2.27. The molecule has 2 N–H and O–H groups in total. The topological polar surface area (TPSA) is 70.6 Å². The van der Waals surface area contributed by atoms with Gasteiger partial charge in [-0.1, -0.05) is 19.9 Å². The van der Waals surface area contributed by atoms with Gasteiger partial charge in [-0.15, -0.1) is 11.3 Å². The van der Waals surface area contributed by atoms with Crippen molar-refractivity contribution in [3.8, 4) is 0 Å². The van der Waals surface area contributed by atoms with Gasteiger partial charge < -0.3 is 10.6 Å². The number of nitrogens with one attached hydrogen (secondary N) is 2. The van der Waals surface area contributed by atoms with Crippen LogP contribution in [0.3, 0.4) is 0 Å². The lowest BCUT2D eigenvalue weighted by molar-refractivity contribution is 0.548. The zero-order chi connectivity index (χ0) is 16.6. The largest absolute Gasteiger partial charge is 0.357 e. The second-order valence-electron chi connectivity index (χ2n) is 5.97. The van der Waals surface area contributed by atoms with Gasteiger partial charge in [0.2, 0.25) is 0 Å². The predicted molar refractivity (Wildman–Crippen MR) is 95.7 cm³/mol. The van der Waals surface area contributed by atoms with Crippen molar-refractivity contribution in [1.29, 1.82) is 0 Å². The summed E-state index contributed by atoms with van der Waals surface area (Å²) in [6.07, 6.45) is 1.84. The molecular weight excluding hydrogens is 318 g/mol. The third-order valence-electron chi connectivity index (χ3n) is 3.15. The van der Waals surface area contributed by atoms with Gasteiger partial charge in [0, 0.05) is 29.6 Å². The Morgan fingerprint density at radius 1 is 1.36 bits per heavy atom. The zero-order valence-corrected chi connectivity index (χ0v) is 15.5. The Morgan fingerprint density at radius 3 is 2.64 bits per heavy atom. The van der Waals surface area contributed by atoms with Gasteiger partial charge in [0.25, 0.3) is 0 Å². The minimum atomic E-state index is -2.90. The monoisotopic (exact) mass is 345 g/mol. The quantitative estimate of drug-likeness (QED) is 0.430. The van der Waals surface area contributed by atoms with Crippen molar-refractivity contribution in [2.45, 2.75) is 32.6 Å². The van der Waals surface area contributed by atoms with Crippen molar-refractivity contribution < 1.29 is 8.42 Å². The summed E-state index contributed by atoms with van der Waals surface area (Å²) in [7, 11) is -2.90. The molecule has 1 rings (SSSR count). The summed E-state index contributed by atoms with van der Waals surface area (Å²) in [5.41, 5.74) is -0.0106. The molecule has 0 unspecified atom stereocenters. The van der Waals surface area contributed by atoms with Gasteiger partial charge in [0.1, 0.15) is 9.84 Å². The molecule has 1 heterocycles. The number of rotatable bonds is 8. The van der Waals surface area contributed by atoms with Crippen LogP contribution in [0.2, 0.25) is 0 Å². The molecule has 1 aromatic rings. The summed E-state index contributed by atoms with van der Waals surface area (Å²) in [5, 5.41) is 8.46. The Kier molecular flexibility index (Phi) is 7.35. The summed E-state index contributed by atoms with van der Waals surface area (Å²) >= 11 is 1.74. The minimum absolute atomic E-state index is 0.0106. The summed E-state index contributed by atoms with van der Waals surface area (Å²) < 4.78 is 22.2. The Hall–Kier alpha value is -1.08. The van der Waals surface area contributed by atoms with Gasteiger partial charge in [-0.05, 0) is 24.8 Å². The molecule has 1 aromatic heterocycles. The molecule has 0 aromatic carbocycles. The molecule has 0 atom stereocenters. The molecule has 0 saturated carbocycles. The highest BCUT2D eigenvalue weighted by atomic mass is 32.2. The Labute approximate surface area is 138 Å². The standard InChI is InChI=1S/C15H27N3O2S2/c1-5-16-14(17-9-7-11-22(4,19)20)18-12-15(2,3)13-8-6-10-21-13/h6,8,10H,5,7,9,11-12H2,1-4H3,(H2,16,17,18). The van der Waals surface area contributed by atoms with E-state index in [9.17, 15) is 8.42 Å². The fraction of sp³-hybridized carbons (Fsp3) is 0.667. The molecule has 7 heteroatoms. The van der Waals surface area contributed by atoms with E-state index in [1.807, 2.05) is 6.92 Å². The van der Waals surface area contributed by atoms with Crippen LogP contribution in [0, 0.1) is 0 Å². The minimum Gasteiger partial charge on any atom is -0.357 e. The normalized spacial score (nSPS) is 13.2. The van der Waals surface area contributed by atoms with Crippen LogP contribution >= 0.6 is 11.3 Å². The van der Waals surface area contributed by atoms with Crippen molar-refractivity contribution in [3.05, 3.63) is 22.4 Å². The number of sulfone groups is 1. The van der Waals surface area contributed by atoms with E-state index in [1.165, 1.54) is 11.1 Å². The molecule has 0 saturated heterocycles. The molecule has 0 amide bonds. The number of thiophene rings is 1. The fourth-order valence-corrected chi connectivity index (χ4v) is 3.41. The van der Waals surface area contributed by atoms with Gasteiger partial charge in [-0.3, -0.25) is 4.99 Å². The fourth-order valence-electron chi connectivity index (χ4n) is 1.90. The number of aliphatic imine (C=N–C) groups is 1. The van der Waals surface area contributed by atoms with Crippen LogP contribution in [0.25, 0.3) is 0 Å². The number of guanidine groups is 1. The molecule has 0 aliphatic carbocycles. The van der Waals surface area contributed by atoms with Crippen LogP contribution in [-0.4, -0.2) is 46.0 Å². The highest BCUT2D eigenvalue weighted by Gasteiger charge is 2.21. The molecule has 0 bridgehead atoms. The first kappa shape index (κ1) is 19.0. The van der Waals surface area contributed by atoms with E-state index in [0.29, 0.717) is 19.5 Å². The molecule has 126 valence electrons. The van der Waals surface area contributed by atoms with E-state index < -0.39 is 9.84 Å². The summed E-state index contributed by atoms with van der Waals surface area (Å²) in [6, 6.07) is 4.19. The van der Waals surface area contributed by atoms with Crippen LogP contribution in [-0.2, 0) is 15.3 Å². The third kappa shape index (κ3) is 7.26. The summed E-state index contributed by atoms with van der Waals surface area (Å²) in [6.45, 7) is 8.41. The lowest BCUT2D eigenvalue weighted by Gasteiger charge is -2.21.